The number of ketones is 1. The van der Waals surface area contributed by atoms with Gasteiger partial charge in [0.25, 0.3) is 5.91 Å². The highest BCUT2D eigenvalue weighted by atomic mass is 32.2. The van der Waals surface area contributed by atoms with E-state index in [2.05, 4.69) is 5.32 Å². The quantitative estimate of drug-likeness (QED) is 0.422. The van der Waals surface area contributed by atoms with Gasteiger partial charge in [-0.2, -0.15) is 4.31 Å². The Morgan fingerprint density at radius 2 is 1.59 bits per heavy atom. The molecule has 1 saturated heterocycles. The van der Waals surface area contributed by atoms with Crippen molar-refractivity contribution in [3.8, 4) is 0 Å². The summed E-state index contributed by atoms with van der Waals surface area (Å²) in [6.07, 6.45) is 1.64. The normalized spacial score (nSPS) is 15.2. The fourth-order valence-corrected chi connectivity index (χ4v) is 4.74. The van der Waals surface area contributed by atoms with Crippen LogP contribution >= 0.6 is 0 Å². The number of sulfonamides is 1. The molecular weight excluding hydrogens is 436 g/mol. The van der Waals surface area contributed by atoms with Gasteiger partial charge in [-0.15, -0.1) is 0 Å². The Morgan fingerprint density at radius 3 is 2.19 bits per heavy atom. The van der Waals surface area contributed by atoms with Crippen LogP contribution < -0.4 is 5.32 Å². The average Bonchev–Trinajstić information content (AvgIpc) is 3.37. The fraction of sp³-hybridized carbons (Fsp3) is 0.318. The lowest BCUT2D eigenvalue weighted by molar-refractivity contribution is -0.145. The van der Waals surface area contributed by atoms with Crippen molar-refractivity contribution >= 4 is 27.7 Å². The van der Waals surface area contributed by atoms with E-state index in [0.717, 1.165) is 12.8 Å². The van der Waals surface area contributed by atoms with E-state index < -0.39 is 46.9 Å². The third kappa shape index (κ3) is 5.58. The van der Waals surface area contributed by atoms with Gasteiger partial charge in [-0.05, 0) is 49.2 Å². The standard InChI is InChI=1S/C22H24N2O7S/c25-14-19(23-21(27)17-6-2-1-3-7-17)22(28)31-15-20(26)16-8-10-18(11-9-16)32(29,30)24-12-4-5-13-24/h1-3,6-11,19,25H,4-5,12-15H2,(H,23,27). The van der Waals surface area contributed by atoms with Crippen LogP contribution in [0.3, 0.4) is 0 Å². The highest BCUT2D eigenvalue weighted by molar-refractivity contribution is 7.89. The van der Waals surface area contributed by atoms with Gasteiger partial charge in [0.2, 0.25) is 10.0 Å². The van der Waals surface area contributed by atoms with E-state index in [1.165, 1.54) is 28.6 Å². The molecule has 10 heteroatoms. The first kappa shape index (κ1) is 23.6. The maximum Gasteiger partial charge on any atom is 0.331 e. The monoisotopic (exact) mass is 460 g/mol. The molecule has 170 valence electrons. The number of rotatable bonds is 9. The molecule has 0 spiro atoms. The predicted octanol–water partition coefficient (Wildman–Crippen LogP) is 0.988. The number of Topliss-reactive ketones (excluding diaryl/α,β-unsaturated/α-hetero) is 1. The van der Waals surface area contributed by atoms with Crippen molar-refractivity contribution in [3.63, 3.8) is 0 Å². The molecule has 9 nitrogen and oxygen atoms in total. The summed E-state index contributed by atoms with van der Waals surface area (Å²) in [6, 6.07) is 12.2. The lowest BCUT2D eigenvalue weighted by atomic mass is 10.1. The smallest absolute Gasteiger partial charge is 0.331 e. The number of carbonyl (C=O) groups is 3. The van der Waals surface area contributed by atoms with Gasteiger partial charge in [0.1, 0.15) is 0 Å². The summed E-state index contributed by atoms with van der Waals surface area (Å²) in [6.45, 7) is -0.360. The molecule has 2 aromatic rings. The molecule has 0 aliphatic carbocycles. The number of ether oxygens (including phenoxy) is 1. The van der Waals surface area contributed by atoms with Crippen molar-refractivity contribution in [2.75, 3.05) is 26.3 Å². The van der Waals surface area contributed by atoms with Crippen molar-refractivity contribution in [2.45, 2.75) is 23.8 Å². The highest BCUT2D eigenvalue weighted by Gasteiger charge is 2.27. The van der Waals surface area contributed by atoms with Crippen molar-refractivity contribution in [3.05, 3.63) is 65.7 Å². The molecule has 1 atom stereocenters. The molecule has 2 N–H and O–H groups in total. The number of nitrogens with zero attached hydrogens (tertiary/aromatic N) is 1. The third-order valence-electron chi connectivity index (χ3n) is 5.03. The molecule has 1 aliphatic rings. The zero-order valence-corrected chi connectivity index (χ0v) is 18.1. The van der Waals surface area contributed by atoms with E-state index in [1.54, 1.807) is 30.3 Å². The number of amides is 1. The largest absolute Gasteiger partial charge is 0.456 e. The number of nitrogens with one attached hydrogen (secondary N) is 1. The van der Waals surface area contributed by atoms with Gasteiger partial charge in [-0.3, -0.25) is 9.59 Å². The van der Waals surface area contributed by atoms with Crippen molar-refractivity contribution in [2.24, 2.45) is 0 Å². The molecule has 1 fully saturated rings. The molecule has 32 heavy (non-hydrogen) atoms. The van der Waals surface area contributed by atoms with Crippen LogP contribution in [0.4, 0.5) is 0 Å². The number of benzene rings is 2. The first-order valence-corrected chi connectivity index (χ1v) is 11.5. The highest BCUT2D eigenvalue weighted by Crippen LogP contribution is 2.21. The molecule has 1 amide bonds. The molecule has 1 aliphatic heterocycles. The number of hydrogen-bond acceptors (Lipinski definition) is 7. The van der Waals surface area contributed by atoms with Crippen molar-refractivity contribution < 1.29 is 32.6 Å². The second kappa shape index (κ2) is 10.5. The second-order valence-electron chi connectivity index (χ2n) is 7.24. The topological polar surface area (TPSA) is 130 Å². The Kier molecular flexibility index (Phi) is 7.73. The van der Waals surface area contributed by atoms with E-state index in [4.69, 9.17) is 4.74 Å². The lowest BCUT2D eigenvalue weighted by Crippen LogP contribution is -2.44. The number of aliphatic hydroxyl groups is 1. The summed E-state index contributed by atoms with van der Waals surface area (Å²) < 4.78 is 31.4. The fourth-order valence-electron chi connectivity index (χ4n) is 3.22. The first-order valence-electron chi connectivity index (χ1n) is 10.1. The number of hydrogen-bond donors (Lipinski definition) is 2. The minimum Gasteiger partial charge on any atom is -0.456 e. The van der Waals surface area contributed by atoms with E-state index in [9.17, 15) is 27.9 Å². The maximum atomic E-state index is 12.5. The van der Waals surface area contributed by atoms with Crippen LogP contribution in [0.2, 0.25) is 0 Å². The molecule has 0 aromatic heterocycles. The van der Waals surface area contributed by atoms with Crippen LogP contribution in [0.1, 0.15) is 33.6 Å². The summed E-state index contributed by atoms with van der Waals surface area (Å²) in [5.41, 5.74) is 0.478. The molecule has 0 radical (unpaired) electrons. The van der Waals surface area contributed by atoms with E-state index >= 15 is 0 Å². The van der Waals surface area contributed by atoms with Crippen LogP contribution in [0.15, 0.2) is 59.5 Å². The SMILES string of the molecule is O=C(COC(=O)C(CO)NC(=O)c1ccccc1)c1ccc(S(=O)(=O)N2CCCC2)cc1. The predicted molar refractivity (Wildman–Crippen MR) is 115 cm³/mol. The molecule has 2 aromatic carbocycles. The van der Waals surface area contributed by atoms with Crippen molar-refractivity contribution in [1.29, 1.82) is 0 Å². The van der Waals surface area contributed by atoms with Gasteiger partial charge in [0.15, 0.2) is 18.4 Å². The summed E-state index contributed by atoms with van der Waals surface area (Å²) in [4.78, 5) is 36.7. The average molecular weight is 461 g/mol. The minimum absolute atomic E-state index is 0.0944. The van der Waals surface area contributed by atoms with Crippen molar-refractivity contribution in [1.82, 2.24) is 9.62 Å². The summed E-state index contributed by atoms with van der Waals surface area (Å²) >= 11 is 0. The zero-order valence-electron chi connectivity index (χ0n) is 17.3. The molecule has 0 bridgehead atoms. The Balaban J connectivity index is 1.56. The van der Waals surface area contributed by atoms with Gasteiger partial charge in [0.05, 0.1) is 11.5 Å². The van der Waals surface area contributed by atoms with Crippen LogP contribution in [0.25, 0.3) is 0 Å². The summed E-state index contributed by atoms with van der Waals surface area (Å²) in [7, 11) is -3.59. The third-order valence-corrected chi connectivity index (χ3v) is 6.95. The summed E-state index contributed by atoms with van der Waals surface area (Å²) in [5, 5.41) is 11.8. The Hall–Kier alpha value is -3.08. The molecule has 1 unspecified atom stereocenters. The molecular formula is C22H24N2O7S. The van der Waals surface area contributed by atoms with Gasteiger partial charge in [0, 0.05) is 24.2 Å². The lowest BCUT2D eigenvalue weighted by Gasteiger charge is -2.16. The van der Waals surface area contributed by atoms with Gasteiger partial charge in [-0.1, -0.05) is 18.2 Å². The van der Waals surface area contributed by atoms with Crippen LogP contribution in [-0.2, 0) is 19.6 Å². The van der Waals surface area contributed by atoms with Crippen LogP contribution in [0.5, 0.6) is 0 Å². The number of esters is 1. The molecule has 3 rings (SSSR count). The van der Waals surface area contributed by atoms with E-state index in [-0.39, 0.29) is 10.5 Å². The van der Waals surface area contributed by atoms with E-state index in [0.29, 0.717) is 18.7 Å². The van der Waals surface area contributed by atoms with Crippen LogP contribution in [0, 0.1) is 0 Å². The summed E-state index contributed by atoms with van der Waals surface area (Å²) in [5.74, 6) is -2.07. The van der Waals surface area contributed by atoms with Crippen LogP contribution in [-0.4, -0.2) is 67.8 Å². The molecule has 1 heterocycles. The number of carbonyl (C=O) groups excluding carboxylic acids is 3. The first-order chi connectivity index (χ1) is 15.3. The minimum atomic E-state index is -3.59. The number of aliphatic hydroxyl groups excluding tert-OH is 1. The Bertz CT molecular complexity index is 1060. The van der Waals surface area contributed by atoms with Gasteiger partial charge in [-0.25, -0.2) is 13.2 Å². The Morgan fingerprint density at radius 1 is 0.969 bits per heavy atom. The van der Waals surface area contributed by atoms with Gasteiger partial charge >= 0.3 is 5.97 Å². The van der Waals surface area contributed by atoms with E-state index in [1.807, 2.05) is 0 Å². The zero-order chi connectivity index (χ0) is 23.1. The molecule has 0 saturated carbocycles. The van der Waals surface area contributed by atoms with Gasteiger partial charge < -0.3 is 15.2 Å². The maximum absolute atomic E-state index is 12.5. The Labute approximate surface area is 186 Å². The second-order valence-corrected chi connectivity index (χ2v) is 9.18.